The van der Waals surface area contributed by atoms with Crippen molar-refractivity contribution in [3.8, 4) is 5.75 Å². The molecule has 1 unspecified atom stereocenters. The fourth-order valence-corrected chi connectivity index (χ4v) is 4.53. The van der Waals surface area contributed by atoms with Crippen molar-refractivity contribution in [1.29, 1.82) is 0 Å². The van der Waals surface area contributed by atoms with Crippen molar-refractivity contribution in [1.82, 2.24) is 4.72 Å². The van der Waals surface area contributed by atoms with E-state index in [1.165, 1.54) is 24.3 Å². The zero-order valence-electron chi connectivity index (χ0n) is 16.4. The first-order valence-electron chi connectivity index (χ1n) is 9.48. The van der Waals surface area contributed by atoms with E-state index in [-0.39, 0.29) is 10.8 Å². The molecule has 154 valence electrons. The van der Waals surface area contributed by atoms with Crippen LogP contribution in [0.5, 0.6) is 5.75 Å². The molecule has 8 heteroatoms. The van der Waals surface area contributed by atoms with Gasteiger partial charge in [-0.2, -0.15) is 0 Å². The zero-order chi connectivity index (χ0) is 21.0. The molecule has 0 aromatic heterocycles. The van der Waals surface area contributed by atoms with Gasteiger partial charge in [0, 0.05) is 12.1 Å². The summed E-state index contributed by atoms with van der Waals surface area (Å²) in [5.41, 5.74) is 2.25. The lowest BCUT2D eigenvalue weighted by Crippen LogP contribution is -2.34. The number of sulfonamides is 1. The zero-order valence-corrected chi connectivity index (χ0v) is 17.2. The van der Waals surface area contributed by atoms with Crippen LogP contribution < -0.4 is 14.8 Å². The molecular formula is C21H24N2O5S. The van der Waals surface area contributed by atoms with Crippen LogP contribution in [0.1, 0.15) is 43.2 Å². The topological polar surface area (TPSA) is 102 Å². The second-order valence-corrected chi connectivity index (χ2v) is 8.59. The molecule has 29 heavy (non-hydrogen) atoms. The molecule has 1 aliphatic rings. The lowest BCUT2D eigenvalue weighted by atomic mass is 10.0. The van der Waals surface area contributed by atoms with Gasteiger partial charge >= 0.3 is 0 Å². The van der Waals surface area contributed by atoms with Crippen LogP contribution in [0.3, 0.4) is 0 Å². The van der Waals surface area contributed by atoms with Gasteiger partial charge in [-0.15, -0.1) is 0 Å². The second-order valence-electron chi connectivity index (χ2n) is 6.91. The number of methoxy groups -OCH3 is 1. The van der Waals surface area contributed by atoms with E-state index in [1.807, 2.05) is 19.1 Å². The Morgan fingerprint density at radius 2 is 1.86 bits per heavy atom. The van der Waals surface area contributed by atoms with E-state index in [2.05, 4.69) is 10.0 Å². The van der Waals surface area contributed by atoms with Crippen LogP contribution >= 0.6 is 0 Å². The Morgan fingerprint density at radius 3 is 2.52 bits per heavy atom. The maximum absolute atomic E-state index is 12.7. The summed E-state index contributed by atoms with van der Waals surface area (Å²) >= 11 is 0. The van der Waals surface area contributed by atoms with Crippen molar-refractivity contribution < 1.29 is 22.7 Å². The number of rotatable bonds is 7. The van der Waals surface area contributed by atoms with Gasteiger partial charge in [-0.3, -0.25) is 9.59 Å². The molecule has 1 aliphatic carbocycles. The molecule has 0 radical (unpaired) electrons. The third-order valence-corrected chi connectivity index (χ3v) is 6.29. The first-order chi connectivity index (χ1) is 13.9. The molecule has 2 aromatic carbocycles. The minimum absolute atomic E-state index is 0.0387. The van der Waals surface area contributed by atoms with Crippen LogP contribution in [0.25, 0.3) is 0 Å². The Balaban J connectivity index is 1.72. The van der Waals surface area contributed by atoms with E-state index < -0.39 is 21.8 Å². The third kappa shape index (κ3) is 4.59. The number of carbonyl (C=O) groups excluding carboxylic acids is 2. The fraction of sp³-hybridized carbons (Fsp3) is 0.333. The van der Waals surface area contributed by atoms with Crippen LogP contribution in [0, 0.1) is 0 Å². The van der Waals surface area contributed by atoms with E-state index in [9.17, 15) is 18.0 Å². The number of amides is 2. The standard InChI is InChI=1S/C21H24N2O5S/c1-3-5-20(24)22-14-8-10-15(11-9-14)29(26,27)23-21(25)18-13-12-17-16(18)6-4-7-19(17)28-2/h4,6-11,18H,3,5,12-13H2,1-2H3,(H,22,24)(H,23,25). The Morgan fingerprint density at radius 1 is 1.14 bits per heavy atom. The molecule has 0 saturated heterocycles. The van der Waals surface area contributed by atoms with E-state index in [4.69, 9.17) is 4.74 Å². The van der Waals surface area contributed by atoms with Gasteiger partial charge in [0.15, 0.2) is 0 Å². The quantitative estimate of drug-likeness (QED) is 0.723. The Hall–Kier alpha value is -2.87. The first kappa shape index (κ1) is 20.9. The average Bonchev–Trinajstić information content (AvgIpc) is 3.12. The summed E-state index contributed by atoms with van der Waals surface area (Å²) in [4.78, 5) is 24.3. The average molecular weight is 416 g/mol. The molecule has 0 bridgehead atoms. The predicted octanol–water partition coefficient (Wildman–Crippen LogP) is 2.97. The van der Waals surface area contributed by atoms with Crippen LogP contribution in [0.4, 0.5) is 5.69 Å². The minimum atomic E-state index is -4.01. The molecule has 0 aliphatic heterocycles. The van der Waals surface area contributed by atoms with Crippen molar-refractivity contribution in [2.24, 2.45) is 0 Å². The number of anilines is 1. The van der Waals surface area contributed by atoms with E-state index in [0.29, 0.717) is 30.7 Å². The normalized spacial score (nSPS) is 15.4. The summed E-state index contributed by atoms with van der Waals surface area (Å²) in [6.45, 7) is 1.90. The van der Waals surface area contributed by atoms with E-state index in [1.54, 1.807) is 13.2 Å². The van der Waals surface area contributed by atoms with Crippen molar-refractivity contribution in [2.75, 3.05) is 12.4 Å². The van der Waals surface area contributed by atoms with Crippen LogP contribution in [-0.4, -0.2) is 27.3 Å². The first-order valence-corrected chi connectivity index (χ1v) is 11.0. The van der Waals surface area contributed by atoms with E-state index >= 15 is 0 Å². The minimum Gasteiger partial charge on any atom is -0.496 e. The van der Waals surface area contributed by atoms with Crippen LogP contribution in [0.15, 0.2) is 47.4 Å². The molecule has 0 saturated carbocycles. The summed E-state index contributed by atoms with van der Waals surface area (Å²) in [5.74, 6) is -0.520. The van der Waals surface area contributed by atoms with Gasteiger partial charge in [0.05, 0.1) is 17.9 Å². The summed E-state index contributed by atoms with van der Waals surface area (Å²) in [6, 6.07) is 11.2. The van der Waals surface area contributed by atoms with Crippen molar-refractivity contribution in [3.05, 3.63) is 53.6 Å². The Bertz CT molecular complexity index is 1020. The highest BCUT2D eigenvalue weighted by Gasteiger charge is 2.32. The predicted molar refractivity (Wildman–Crippen MR) is 109 cm³/mol. The second kappa shape index (κ2) is 8.65. The van der Waals surface area contributed by atoms with Crippen molar-refractivity contribution in [3.63, 3.8) is 0 Å². The highest BCUT2D eigenvalue weighted by molar-refractivity contribution is 7.90. The Kier molecular flexibility index (Phi) is 6.22. The van der Waals surface area contributed by atoms with Gasteiger partial charge in [-0.25, -0.2) is 13.1 Å². The van der Waals surface area contributed by atoms with Crippen LogP contribution in [-0.2, 0) is 26.0 Å². The molecule has 0 spiro atoms. The van der Waals surface area contributed by atoms with Gasteiger partial charge in [0.2, 0.25) is 11.8 Å². The maximum Gasteiger partial charge on any atom is 0.264 e. The van der Waals surface area contributed by atoms with Crippen molar-refractivity contribution in [2.45, 2.75) is 43.4 Å². The molecular weight excluding hydrogens is 392 g/mol. The van der Waals surface area contributed by atoms with Crippen LogP contribution in [0.2, 0.25) is 0 Å². The largest absolute Gasteiger partial charge is 0.496 e. The number of carbonyl (C=O) groups is 2. The summed E-state index contributed by atoms with van der Waals surface area (Å²) in [7, 11) is -2.44. The van der Waals surface area contributed by atoms with Gasteiger partial charge in [-0.05, 0) is 60.7 Å². The molecule has 0 heterocycles. The van der Waals surface area contributed by atoms with Gasteiger partial charge in [-0.1, -0.05) is 19.1 Å². The molecule has 7 nitrogen and oxygen atoms in total. The summed E-state index contributed by atoms with van der Waals surface area (Å²) < 4.78 is 32.8. The number of hydrogen-bond acceptors (Lipinski definition) is 5. The molecule has 2 aromatic rings. The summed E-state index contributed by atoms with van der Waals surface area (Å²) in [6.07, 6.45) is 2.30. The monoisotopic (exact) mass is 416 g/mol. The number of ether oxygens (including phenoxy) is 1. The SMILES string of the molecule is CCCC(=O)Nc1ccc(S(=O)(=O)NC(=O)C2CCc3c(OC)cccc32)cc1. The van der Waals surface area contributed by atoms with E-state index in [0.717, 1.165) is 17.5 Å². The fourth-order valence-electron chi connectivity index (χ4n) is 3.51. The molecule has 3 rings (SSSR count). The van der Waals surface area contributed by atoms with Crippen molar-refractivity contribution >= 4 is 27.5 Å². The number of benzene rings is 2. The highest BCUT2D eigenvalue weighted by Crippen LogP contribution is 2.38. The van der Waals surface area contributed by atoms with Gasteiger partial charge in [0.1, 0.15) is 5.75 Å². The molecule has 2 N–H and O–H groups in total. The number of nitrogens with one attached hydrogen (secondary N) is 2. The molecule has 1 atom stereocenters. The Labute approximate surface area is 170 Å². The third-order valence-electron chi connectivity index (χ3n) is 4.92. The highest BCUT2D eigenvalue weighted by atomic mass is 32.2. The molecule has 0 fully saturated rings. The van der Waals surface area contributed by atoms with Gasteiger partial charge < -0.3 is 10.1 Å². The lowest BCUT2D eigenvalue weighted by Gasteiger charge is -2.14. The maximum atomic E-state index is 12.7. The van der Waals surface area contributed by atoms with Gasteiger partial charge in [0.25, 0.3) is 10.0 Å². The lowest BCUT2D eigenvalue weighted by molar-refractivity contribution is -0.120. The summed E-state index contributed by atoms with van der Waals surface area (Å²) in [5, 5.41) is 2.70. The number of hydrogen-bond donors (Lipinski definition) is 2. The smallest absolute Gasteiger partial charge is 0.264 e. The molecule has 2 amide bonds. The number of fused-ring (bicyclic) bond motifs is 1.